The lowest BCUT2D eigenvalue weighted by atomic mass is 10.0. The Morgan fingerprint density at radius 1 is 1.03 bits per heavy atom. The third kappa shape index (κ3) is 3.25. The summed E-state index contributed by atoms with van der Waals surface area (Å²) in [5.41, 5.74) is 8.24. The SMILES string of the molecule is CCN(CC)c1ccc(-c2ccc3c4c([nH]c3c2F)-c2ccc(NC(C)=O)cc2C4)cc1. The second-order valence-corrected chi connectivity index (χ2v) is 8.28. The predicted octanol–water partition coefficient (Wildman–Crippen LogP) is 6.35. The van der Waals surface area contributed by atoms with Gasteiger partial charge in [-0.05, 0) is 54.8 Å². The monoisotopic (exact) mass is 427 g/mol. The minimum absolute atomic E-state index is 0.0911. The third-order valence-electron chi connectivity index (χ3n) is 6.39. The molecular weight excluding hydrogens is 401 g/mol. The summed E-state index contributed by atoms with van der Waals surface area (Å²) in [4.78, 5) is 17.0. The number of H-pyrrole nitrogens is 1. The zero-order valence-corrected chi connectivity index (χ0v) is 18.6. The van der Waals surface area contributed by atoms with E-state index in [1.807, 2.05) is 42.5 Å². The van der Waals surface area contributed by atoms with Crippen LogP contribution in [0.5, 0.6) is 0 Å². The van der Waals surface area contributed by atoms with Crippen molar-refractivity contribution in [2.24, 2.45) is 0 Å². The summed E-state index contributed by atoms with van der Waals surface area (Å²) < 4.78 is 15.6. The Labute approximate surface area is 187 Å². The van der Waals surface area contributed by atoms with Crippen molar-refractivity contribution in [3.63, 3.8) is 0 Å². The minimum Gasteiger partial charge on any atom is -0.372 e. The van der Waals surface area contributed by atoms with Crippen LogP contribution in [0.3, 0.4) is 0 Å². The molecule has 162 valence electrons. The summed E-state index contributed by atoms with van der Waals surface area (Å²) in [5, 5.41) is 3.75. The first-order valence-corrected chi connectivity index (χ1v) is 11.1. The van der Waals surface area contributed by atoms with Crippen LogP contribution in [0.25, 0.3) is 33.3 Å². The highest BCUT2D eigenvalue weighted by Crippen LogP contribution is 2.43. The maximum absolute atomic E-state index is 15.6. The number of nitrogens with one attached hydrogen (secondary N) is 2. The van der Waals surface area contributed by atoms with Gasteiger partial charge in [0.2, 0.25) is 5.91 Å². The standard InChI is InChI=1S/C27H26FN3O/c1-4-31(5-2)20-9-6-17(7-10-20)21-12-13-23-24-15-18-14-19(29-16(3)32)8-11-22(18)26(24)30-27(23)25(21)28/h6-14,30H,4-5,15H2,1-3H3,(H,29,32). The Bertz CT molecular complexity index is 1330. The van der Waals surface area contributed by atoms with E-state index < -0.39 is 0 Å². The maximum atomic E-state index is 15.6. The largest absolute Gasteiger partial charge is 0.372 e. The molecule has 5 heteroatoms. The summed E-state index contributed by atoms with van der Waals surface area (Å²) in [7, 11) is 0. The molecular formula is C27H26FN3O. The number of rotatable bonds is 5. The Kier molecular flexibility index (Phi) is 4.97. The molecule has 3 aromatic carbocycles. The average molecular weight is 428 g/mol. The van der Waals surface area contributed by atoms with Crippen LogP contribution in [0.2, 0.25) is 0 Å². The van der Waals surface area contributed by atoms with Crippen molar-refractivity contribution in [1.82, 2.24) is 4.98 Å². The van der Waals surface area contributed by atoms with Crippen LogP contribution in [-0.2, 0) is 11.2 Å². The van der Waals surface area contributed by atoms with Crippen LogP contribution in [-0.4, -0.2) is 24.0 Å². The van der Waals surface area contributed by atoms with Gasteiger partial charge in [0.1, 0.15) is 0 Å². The van der Waals surface area contributed by atoms with Gasteiger partial charge in [0.25, 0.3) is 0 Å². The molecule has 1 heterocycles. The molecule has 0 saturated heterocycles. The minimum atomic E-state index is -0.219. The molecule has 0 bridgehead atoms. The van der Waals surface area contributed by atoms with Gasteiger partial charge in [-0.3, -0.25) is 4.79 Å². The highest BCUT2D eigenvalue weighted by atomic mass is 19.1. The predicted molar refractivity (Wildman–Crippen MR) is 130 cm³/mol. The lowest BCUT2D eigenvalue weighted by Crippen LogP contribution is -2.21. The number of nitrogens with zero attached hydrogens (tertiary/aromatic N) is 1. The van der Waals surface area contributed by atoms with Gasteiger partial charge in [0.05, 0.1) is 11.2 Å². The van der Waals surface area contributed by atoms with Crippen molar-refractivity contribution in [2.75, 3.05) is 23.3 Å². The van der Waals surface area contributed by atoms with Gasteiger partial charge in [-0.15, -0.1) is 0 Å². The van der Waals surface area contributed by atoms with Crippen LogP contribution < -0.4 is 10.2 Å². The van der Waals surface area contributed by atoms with Crippen molar-refractivity contribution in [3.8, 4) is 22.4 Å². The molecule has 0 aliphatic heterocycles. The van der Waals surface area contributed by atoms with Crippen LogP contribution >= 0.6 is 0 Å². The summed E-state index contributed by atoms with van der Waals surface area (Å²) in [6, 6.07) is 17.9. The fourth-order valence-corrected chi connectivity index (χ4v) is 4.82. The number of hydrogen-bond acceptors (Lipinski definition) is 2. The first-order chi connectivity index (χ1) is 15.5. The molecule has 2 N–H and O–H groups in total. The molecule has 1 aliphatic carbocycles. The van der Waals surface area contributed by atoms with Gasteiger partial charge in [0.15, 0.2) is 5.82 Å². The number of halogens is 1. The van der Waals surface area contributed by atoms with Crippen molar-refractivity contribution in [2.45, 2.75) is 27.2 Å². The number of aromatic nitrogens is 1. The summed E-state index contributed by atoms with van der Waals surface area (Å²) in [6.07, 6.45) is 0.718. The summed E-state index contributed by atoms with van der Waals surface area (Å²) in [5.74, 6) is -0.310. The molecule has 0 fully saturated rings. The molecule has 0 spiro atoms. The van der Waals surface area contributed by atoms with E-state index in [4.69, 9.17) is 0 Å². The molecule has 32 heavy (non-hydrogen) atoms. The van der Waals surface area contributed by atoms with Gasteiger partial charge in [-0.1, -0.05) is 30.3 Å². The number of hydrogen-bond donors (Lipinski definition) is 2. The molecule has 4 nitrogen and oxygen atoms in total. The number of fused-ring (bicyclic) bond motifs is 5. The van der Waals surface area contributed by atoms with E-state index in [0.29, 0.717) is 11.1 Å². The summed E-state index contributed by atoms with van der Waals surface area (Å²) in [6.45, 7) is 7.65. The Balaban J connectivity index is 1.53. The van der Waals surface area contributed by atoms with Crippen molar-refractivity contribution in [1.29, 1.82) is 0 Å². The van der Waals surface area contributed by atoms with E-state index in [0.717, 1.165) is 64.2 Å². The van der Waals surface area contributed by atoms with Gasteiger partial charge in [0, 0.05) is 54.3 Å². The molecule has 0 unspecified atom stereocenters. The van der Waals surface area contributed by atoms with E-state index in [-0.39, 0.29) is 11.7 Å². The number of anilines is 2. The van der Waals surface area contributed by atoms with Gasteiger partial charge in [-0.25, -0.2) is 4.39 Å². The number of carbonyl (C=O) groups excluding carboxylic acids is 1. The topological polar surface area (TPSA) is 48.1 Å². The van der Waals surface area contributed by atoms with E-state index >= 15 is 4.39 Å². The second-order valence-electron chi connectivity index (χ2n) is 8.28. The molecule has 0 radical (unpaired) electrons. The molecule has 5 rings (SSSR count). The van der Waals surface area contributed by atoms with Crippen LogP contribution in [0, 0.1) is 5.82 Å². The number of carbonyl (C=O) groups is 1. The number of benzene rings is 3. The van der Waals surface area contributed by atoms with Gasteiger partial charge < -0.3 is 15.2 Å². The Hall–Kier alpha value is -3.60. The molecule has 4 aromatic rings. The maximum Gasteiger partial charge on any atom is 0.221 e. The zero-order valence-electron chi connectivity index (χ0n) is 18.6. The Morgan fingerprint density at radius 2 is 1.75 bits per heavy atom. The normalized spacial score (nSPS) is 12.0. The van der Waals surface area contributed by atoms with Crippen molar-refractivity contribution in [3.05, 3.63) is 71.5 Å². The number of aromatic amines is 1. The van der Waals surface area contributed by atoms with Gasteiger partial charge in [-0.2, -0.15) is 0 Å². The van der Waals surface area contributed by atoms with Crippen molar-refractivity contribution >= 4 is 28.2 Å². The molecule has 1 amide bonds. The molecule has 1 aromatic heterocycles. The number of amides is 1. The molecule has 0 atom stereocenters. The van der Waals surface area contributed by atoms with Crippen molar-refractivity contribution < 1.29 is 9.18 Å². The van der Waals surface area contributed by atoms with E-state index in [2.05, 4.69) is 41.2 Å². The van der Waals surface area contributed by atoms with Gasteiger partial charge >= 0.3 is 0 Å². The van der Waals surface area contributed by atoms with Crippen LogP contribution in [0.1, 0.15) is 31.9 Å². The quantitative estimate of drug-likeness (QED) is 0.343. The molecule has 0 saturated carbocycles. The zero-order chi connectivity index (χ0) is 22.4. The smallest absolute Gasteiger partial charge is 0.221 e. The van der Waals surface area contributed by atoms with E-state index in [1.165, 1.54) is 6.92 Å². The second kappa shape index (κ2) is 7.83. The lowest BCUT2D eigenvalue weighted by molar-refractivity contribution is -0.114. The van der Waals surface area contributed by atoms with Crippen LogP contribution in [0.15, 0.2) is 54.6 Å². The summed E-state index contributed by atoms with van der Waals surface area (Å²) >= 11 is 0. The van der Waals surface area contributed by atoms with E-state index in [9.17, 15) is 4.79 Å². The molecule has 1 aliphatic rings. The fraction of sp³-hybridized carbons (Fsp3) is 0.222. The lowest BCUT2D eigenvalue weighted by Gasteiger charge is -2.21. The van der Waals surface area contributed by atoms with Crippen LogP contribution in [0.4, 0.5) is 15.8 Å². The average Bonchev–Trinajstić information content (AvgIpc) is 3.31. The highest BCUT2D eigenvalue weighted by molar-refractivity contribution is 5.97. The fourth-order valence-electron chi connectivity index (χ4n) is 4.82. The first-order valence-electron chi connectivity index (χ1n) is 11.1. The van der Waals surface area contributed by atoms with E-state index in [1.54, 1.807) is 0 Å². The third-order valence-corrected chi connectivity index (χ3v) is 6.39. The highest BCUT2D eigenvalue weighted by Gasteiger charge is 2.25. The Morgan fingerprint density at radius 3 is 2.44 bits per heavy atom. The first kappa shape index (κ1) is 20.3.